The van der Waals surface area contributed by atoms with Crippen LogP contribution in [0.2, 0.25) is 0 Å². The van der Waals surface area contributed by atoms with Gasteiger partial charge in [0.25, 0.3) is 0 Å². The fourth-order valence-electron chi connectivity index (χ4n) is 3.24. The summed E-state index contributed by atoms with van der Waals surface area (Å²) in [5, 5.41) is 6.56. The second-order valence-corrected chi connectivity index (χ2v) is 7.25. The number of halogens is 1. The van der Waals surface area contributed by atoms with E-state index in [0.29, 0.717) is 49.7 Å². The first kappa shape index (κ1) is 25.4. The van der Waals surface area contributed by atoms with Crippen LogP contribution in [0, 0.1) is 0 Å². The first-order valence-corrected chi connectivity index (χ1v) is 11.0. The number of aliphatic imine (C=N–C) groups is 1. The van der Waals surface area contributed by atoms with Gasteiger partial charge in [0, 0.05) is 44.0 Å². The van der Waals surface area contributed by atoms with Crippen molar-refractivity contribution in [3.8, 4) is 28.9 Å². The van der Waals surface area contributed by atoms with Gasteiger partial charge in [-0.3, -0.25) is 4.99 Å². The number of pyridine rings is 1. The van der Waals surface area contributed by atoms with Gasteiger partial charge in [-0.15, -0.1) is 24.0 Å². The second-order valence-electron chi connectivity index (χ2n) is 7.25. The molecule has 34 heavy (non-hydrogen) atoms. The van der Waals surface area contributed by atoms with Crippen LogP contribution in [-0.2, 0) is 6.54 Å². The maximum absolute atomic E-state index is 5.88. The molecule has 0 spiro atoms. The summed E-state index contributed by atoms with van der Waals surface area (Å²) in [5.41, 5.74) is 1.85. The molecule has 0 saturated carbocycles. The summed E-state index contributed by atoms with van der Waals surface area (Å²) < 4.78 is 22.9. The van der Waals surface area contributed by atoms with E-state index < -0.39 is 0 Å². The lowest BCUT2D eigenvalue weighted by atomic mass is 10.2. The molecule has 0 aliphatic carbocycles. The maximum Gasteiger partial charge on any atom is 0.219 e. The van der Waals surface area contributed by atoms with Crippen molar-refractivity contribution in [2.75, 3.05) is 32.2 Å². The Morgan fingerprint density at radius 2 is 1.82 bits per heavy atom. The molecule has 0 radical (unpaired) electrons. The fraction of sp³-hybridized carbons (Fsp3) is 0.280. The summed E-state index contributed by atoms with van der Waals surface area (Å²) in [4.78, 5) is 8.70. The standard InChI is InChI=1S/C25H28N4O4.HI/c1-3-30-20-7-4-5-8-22(20)33-24-12-9-18(16-27-24)17-28-25(26-2)29-19-10-11-21-23(15-19)32-14-6-13-31-21;/h4-5,7-12,15-16H,3,6,13-14,17H2,1-2H3,(H2,26,28,29);1H. The minimum Gasteiger partial charge on any atom is -0.490 e. The Labute approximate surface area is 216 Å². The Bertz CT molecular complexity index is 1090. The molecular weight excluding hydrogens is 547 g/mol. The number of anilines is 1. The quantitative estimate of drug-likeness (QED) is 0.226. The van der Waals surface area contributed by atoms with Crippen LogP contribution < -0.4 is 29.6 Å². The van der Waals surface area contributed by atoms with Gasteiger partial charge in [-0.1, -0.05) is 18.2 Å². The highest BCUT2D eigenvalue weighted by atomic mass is 127. The van der Waals surface area contributed by atoms with Gasteiger partial charge in [-0.2, -0.15) is 0 Å². The number of hydrogen-bond donors (Lipinski definition) is 2. The van der Waals surface area contributed by atoms with Crippen molar-refractivity contribution in [1.29, 1.82) is 0 Å². The first-order chi connectivity index (χ1) is 16.2. The van der Waals surface area contributed by atoms with Crippen LogP contribution in [0.1, 0.15) is 18.9 Å². The smallest absolute Gasteiger partial charge is 0.219 e. The Balaban J connectivity index is 0.00000324. The molecule has 8 nitrogen and oxygen atoms in total. The third kappa shape index (κ3) is 6.89. The van der Waals surface area contributed by atoms with Crippen LogP contribution in [0.25, 0.3) is 0 Å². The predicted molar refractivity (Wildman–Crippen MR) is 143 cm³/mol. The lowest BCUT2D eigenvalue weighted by Crippen LogP contribution is -2.30. The minimum atomic E-state index is 0. The van der Waals surface area contributed by atoms with Gasteiger partial charge in [-0.25, -0.2) is 4.98 Å². The number of nitrogens with zero attached hydrogens (tertiary/aromatic N) is 2. The molecule has 2 N–H and O–H groups in total. The van der Waals surface area contributed by atoms with Crippen molar-refractivity contribution < 1.29 is 18.9 Å². The average Bonchev–Trinajstić information content (AvgIpc) is 3.09. The number of aromatic nitrogens is 1. The zero-order valence-electron chi connectivity index (χ0n) is 19.2. The highest BCUT2D eigenvalue weighted by molar-refractivity contribution is 14.0. The summed E-state index contributed by atoms with van der Waals surface area (Å²) in [6.45, 7) is 4.37. The number of fused-ring (bicyclic) bond motifs is 1. The van der Waals surface area contributed by atoms with Crippen molar-refractivity contribution >= 4 is 35.6 Å². The van der Waals surface area contributed by atoms with Crippen LogP contribution in [0.3, 0.4) is 0 Å². The molecule has 1 aromatic heterocycles. The number of ether oxygens (including phenoxy) is 4. The topological polar surface area (TPSA) is 86.2 Å². The summed E-state index contributed by atoms with van der Waals surface area (Å²) in [6, 6.07) is 17.1. The van der Waals surface area contributed by atoms with Crippen molar-refractivity contribution in [3.05, 3.63) is 66.4 Å². The van der Waals surface area contributed by atoms with E-state index in [1.807, 2.05) is 61.5 Å². The third-order valence-corrected chi connectivity index (χ3v) is 4.85. The van der Waals surface area contributed by atoms with Gasteiger partial charge in [-0.05, 0) is 36.8 Å². The SMILES string of the molecule is CCOc1ccccc1Oc1ccc(CNC(=NC)Nc2ccc3c(c2)OCCCO3)cn1.I. The van der Waals surface area contributed by atoms with Gasteiger partial charge in [0.05, 0.1) is 19.8 Å². The van der Waals surface area contributed by atoms with Crippen LogP contribution in [0.15, 0.2) is 65.8 Å². The number of benzene rings is 2. The molecular formula is C25H29IN4O4. The van der Waals surface area contributed by atoms with E-state index in [9.17, 15) is 0 Å². The van der Waals surface area contributed by atoms with Crippen LogP contribution in [0.5, 0.6) is 28.9 Å². The maximum atomic E-state index is 5.88. The monoisotopic (exact) mass is 576 g/mol. The average molecular weight is 576 g/mol. The second kappa shape index (κ2) is 12.9. The zero-order chi connectivity index (χ0) is 22.9. The number of rotatable bonds is 7. The van der Waals surface area contributed by atoms with E-state index in [-0.39, 0.29) is 24.0 Å². The molecule has 0 amide bonds. The van der Waals surface area contributed by atoms with Crippen molar-refractivity contribution in [2.45, 2.75) is 19.9 Å². The normalized spacial score (nSPS) is 12.7. The molecule has 4 rings (SSSR count). The van der Waals surface area contributed by atoms with Gasteiger partial charge in [0.1, 0.15) is 0 Å². The zero-order valence-corrected chi connectivity index (χ0v) is 21.6. The largest absolute Gasteiger partial charge is 0.490 e. The molecule has 2 heterocycles. The molecule has 0 bridgehead atoms. The predicted octanol–water partition coefficient (Wildman–Crippen LogP) is 5.24. The summed E-state index contributed by atoms with van der Waals surface area (Å²) in [5.74, 6) is 3.96. The van der Waals surface area contributed by atoms with E-state index in [1.54, 1.807) is 13.2 Å². The Kier molecular flexibility index (Phi) is 9.62. The Morgan fingerprint density at radius 3 is 2.56 bits per heavy atom. The molecule has 0 atom stereocenters. The molecule has 9 heteroatoms. The van der Waals surface area contributed by atoms with E-state index in [2.05, 4.69) is 20.6 Å². The van der Waals surface area contributed by atoms with Crippen LogP contribution in [0.4, 0.5) is 5.69 Å². The molecule has 3 aromatic rings. The Morgan fingerprint density at radius 1 is 1.03 bits per heavy atom. The first-order valence-electron chi connectivity index (χ1n) is 11.0. The van der Waals surface area contributed by atoms with Gasteiger partial charge in [0.15, 0.2) is 29.0 Å². The molecule has 0 saturated heterocycles. The number of guanidine groups is 1. The molecule has 0 fully saturated rings. The van der Waals surface area contributed by atoms with Gasteiger partial charge in [0.2, 0.25) is 5.88 Å². The van der Waals surface area contributed by atoms with E-state index >= 15 is 0 Å². The fourth-order valence-corrected chi connectivity index (χ4v) is 3.24. The number of nitrogens with one attached hydrogen (secondary N) is 2. The molecule has 1 aliphatic heterocycles. The van der Waals surface area contributed by atoms with E-state index in [0.717, 1.165) is 29.2 Å². The lowest BCUT2D eigenvalue weighted by Gasteiger charge is -2.14. The van der Waals surface area contributed by atoms with E-state index in [1.165, 1.54) is 0 Å². The van der Waals surface area contributed by atoms with Crippen molar-refractivity contribution in [2.24, 2.45) is 4.99 Å². The summed E-state index contributed by atoms with van der Waals surface area (Å²) in [6.07, 6.45) is 2.64. The Hall–Kier alpha value is -3.21. The molecule has 1 aliphatic rings. The van der Waals surface area contributed by atoms with Crippen molar-refractivity contribution in [3.63, 3.8) is 0 Å². The number of para-hydroxylation sites is 2. The van der Waals surface area contributed by atoms with E-state index in [4.69, 9.17) is 18.9 Å². The molecule has 2 aromatic carbocycles. The van der Waals surface area contributed by atoms with Crippen LogP contribution in [-0.4, -0.2) is 37.8 Å². The third-order valence-electron chi connectivity index (χ3n) is 4.85. The lowest BCUT2D eigenvalue weighted by molar-refractivity contribution is 0.297. The highest BCUT2D eigenvalue weighted by Gasteiger charge is 2.11. The van der Waals surface area contributed by atoms with Gasteiger partial charge >= 0.3 is 0 Å². The molecule has 0 unspecified atom stereocenters. The highest BCUT2D eigenvalue weighted by Crippen LogP contribution is 2.32. The number of hydrogen-bond acceptors (Lipinski definition) is 6. The minimum absolute atomic E-state index is 0. The van der Waals surface area contributed by atoms with Crippen molar-refractivity contribution in [1.82, 2.24) is 10.3 Å². The summed E-state index contributed by atoms with van der Waals surface area (Å²) in [7, 11) is 1.73. The van der Waals surface area contributed by atoms with Crippen LogP contribution >= 0.6 is 24.0 Å². The summed E-state index contributed by atoms with van der Waals surface area (Å²) >= 11 is 0. The van der Waals surface area contributed by atoms with Gasteiger partial charge < -0.3 is 29.6 Å². The molecule has 180 valence electrons.